The Balaban J connectivity index is 1.57. The first-order valence-electron chi connectivity index (χ1n) is 7.62. The summed E-state index contributed by atoms with van der Waals surface area (Å²) in [6.07, 6.45) is 0. The van der Waals surface area contributed by atoms with Gasteiger partial charge in [0.05, 0.1) is 16.7 Å². The van der Waals surface area contributed by atoms with Crippen molar-refractivity contribution in [3.05, 3.63) is 78.4 Å². The number of fused-ring (bicyclic) bond motifs is 1. The van der Waals surface area contributed by atoms with Gasteiger partial charge < -0.3 is 9.71 Å². The van der Waals surface area contributed by atoms with Crippen LogP contribution in [0.5, 0.6) is 0 Å². The van der Waals surface area contributed by atoms with Gasteiger partial charge in [-0.2, -0.15) is 0 Å². The van der Waals surface area contributed by atoms with Crippen LogP contribution in [0.15, 0.2) is 71.6 Å². The summed E-state index contributed by atoms with van der Waals surface area (Å²) in [4.78, 5) is 8.76. The molecule has 4 aromatic rings. The highest BCUT2D eigenvalue weighted by Gasteiger charge is 2.07. The molecule has 0 atom stereocenters. The number of nitrogens with one attached hydrogen (secondary N) is 2. The van der Waals surface area contributed by atoms with Crippen LogP contribution in [0.1, 0.15) is 0 Å². The zero-order valence-corrected chi connectivity index (χ0v) is 13.8. The molecular formula is C19H13F2N3S. The maximum Gasteiger partial charge on any atom is 0.150 e. The lowest BCUT2D eigenvalue weighted by atomic mass is 10.2. The molecule has 0 saturated carbocycles. The standard InChI is InChI=1S/C19H13F2N3S/c20-13-6-8-16(15(21)10-13)24-25-14-7-9-17-18(11-14)23-19(22-17)12-4-2-1-3-5-12/h1-11,24H,(H,22,23). The number of nitrogens with zero attached hydrogens (tertiary/aromatic N) is 1. The molecule has 2 N–H and O–H groups in total. The van der Waals surface area contributed by atoms with Crippen molar-refractivity contribution in [2.24, 2.45) is 0 Å². The third-order valence-corrected chi connectivity index (χ3v) is 4.52. The summed E-state index contributed by atoms with van der Waals surface area (Å²) in [5, 5.41) is 0. The number of benzene rings is 3. The lowest BCUT2D eigenvalue weighted by Gasteiger charge is -2.06. The third kappa shape index (κ3) is 3.34. The van der Waals surface area contributed by atoms with Gasteiger partial charge in [-0.1, -0.05) is 30.3 Å². The van der Waals surface area contributed by atoms with E-state index in [2.05, 4.69) is 14.7 Å². The Morgan fingerprint density at radius 1 is 0.920 bits per heavy atom. The zero-order chi connectivity index (χ0) is 17.2. The van der Waals surface area contributed by atoms with E-state index in [-0.39, 0.29) is 5.69 Å². The monoisotopic (exact) mass is 353 g/mol. The molecule has 0 fully saturated rings. The van der Waals surface area contributed by atoms with E-state index in [9.17, 15) is 8.78 Å². The second kappa shape index (κ2) is 6.57. The smallest absolute Gasteiger partial charge is 0.150 e. The number of aromatic nitrogens is 2. The number of halogens is 2. The van der Waals surface area contributed by atoms with E-state index in [4.69, 9.17) is 0 Å². The minimum atomic E-state index is -0.624. The predicted octanol–water partition coefficient (Wildman–Crippen LogP) is 5.63. The van der Waals surface area contributed by atoms with Gasteiger partial charge in [0.2, 0.25) is 0 Å². The molecule has 0 aliphatic rings. The Bertz CT molecular complexity index is 1030. The van der Waals surface area contributed by atoms with Crippen LogP contribution in [0.2, 0.25) is 0 Å². The van der Waals surface area contributed by atoms with Crippen LogP contribution in [-0.4, -0.2) is 9.97 Å². The molecule has 0 unspecified atom stereocenters. The average Bonchev–Trinajstić information content (AvgIpc) is 3.05. The molecule has 0 spiro atoms. The minimum Gasteiger partial charge on any atom is -0.338 e. The average molecular weight is 353 g/mol. The first-order valence-corrected chi connectivity index (χ1v) is 8.44. The Labute approximate surface area is 147 Å². The van der Waals surface area contributed by atoms with Crippen LogP contribution in [0.4, 0.5) is 14.5 Å². The molecule has 0 amide bonds. The van der Waals surface area contributed by atoms with Crippen LogP contribution in [0, 0.1) is 11.6 Å². The van der Waals surface area contributed by atoms with Crippen molar-refractivity contribution >= 4 is 28.7 Å². The van der Waals surface area contributed by atoms with Crippen molar-refractivity contribution in [1.82, 2.24) is 9.97 Å². The van der Waals surface area contributed by atoms with Crippen LogP contribution >= 0.6 is 11.9 Å². The lowest BCUT2D eigenvalue weighted by Crippen LogP contribution is -1.91. The van der Waals surface area contributed by atoms with E-state index in [0.717, 1.165) is 33.4 Å². The highest BCUT2D eigenvalue weighted by molar-refractivity contribution is 8.00. The minimum absolute atomic E-state index is 0.237. The van der Waals surface area contributed by atoms with Crippen molar-refractivity contribution in [2.45, 2.75) is 4.90 Å². The summed E-state index contributed by atoms with van der Waals surface area (Å²) in [6, 6.07) is 19.1. The van der Waals surface area contributed by atoms with Gasteiger partial charge in [0.1, 0.15) is 17.5 Å². The number of aromatic amines is 1. The van der Waals surface area contributed by atoms with Crippen molar-refractivity contribution in [2.75, 3.05) is 4.72 Å². The van der Waals surface area contributed by atoms with Crippen LogP contribution in [-0.2, 0) is 0 Å². The van der Waals surface area contributed by atoms with E-state index in [1.807, 2.05) is 48.5 Å². The molecule has 6 heteroatoms. The van der Waals surface area contributed by atoms with Gasteiger partial charge in [0.25, 0.3) is 0 Å². The molecule has 3 aromatic carbocycles. The van der Waals surface area contributed by atoms with Crippen molar-refractivity contribution < 1.29 is 8.78 Å². The molecule has 1 heterocycles. The second-order valence-corrected chi connectivity index (χ2v) is 6.34. The SMILES string of the molecule is Fc1ccc(NSc2ccc3nc(-c4ccccc4)[nH]c3c2)c(F)c1. The Morgan fingerprint density at radius 3 is 2.56 bits per heavy atom. The van der Waals surface area contributed by atoms with Crippen LogP contribution < -0.4 is 4.72 Å². The highest BCUT2D eigenvalue weighted by atomic mass is 32.2. The maximum atomic E-state index is 13.7. The molecule has 0 bridgehead atoms. The number of hydrogen-bond donors (Lipinski definition) is 2. The molecule has 25 heavy (non-hydrogen) atoms. The van der Waals surface area contributed by atoms with E-state index < -0.39 is 11.6 Å². The van der Waals surface area contributed by atoms with Gasteiger partial charge in [0.15, 0.2) is 0 Å². The first kappa shape index (κ1) is 15.7. The van der Waals surface area contributed by atoms with E-state index in [1.54, 1.807) is 0 Å². The molecule has 124 valence electrons. The number of rotatable bonds is 4. The van der Waals surface area contributed by atoms with Crippen molar-refractivity contribution in [1.29, 1.82) is 0 Å². The van der Waals surface area contributed by atoms with Gasteiger partial charge in [0, 0.05) is 16.5 Å². The quantitative estimate of drug-likeness (QED) is 0.467. The van der Waals surface area contributed by atoms with Gasteiger partial charge in [-0.15, -0.1) is 0 Å². The summed E-state index contributed by atoms with van der Waals surface area (Å²) >= 11 is 1.25. The fourth-order valence-corrected chi connectivity index (χ4v) is 3.18. The Kier molecular flexibility index (Phi) is 4.11. The molecule has 0 aliphatic heterocycles. The fraction of sp³-hybridized carbons (Fsp3) is 0. The van der Waals surface area contributed by atoms with Gasteiger partial charge in [-0.25, -0.2) is 13.8 Å². The molecule has 0 aliphatic carbocycles. The van der Waals surface area contributed by atoms with E-state index in [1.165, 1.54) is 24.1 Å². The Morgan fingerprint density at radius 2 is 1.76 bits per heavy atom. The normalized spacial score (nSPS) is 11.0. The van der Waals surface area contributed by atoms with E-state index >= 15 is 0 Å². The summed E-state index contributed by atoms with van der Waals surface area (Å²) in [6.45, 7) is 0. The van der Waals surface area contributed by atoms with Gasteiger partial charge in [-0.3, -0.25) is 0 Å². The molecule has 3 nitrogen and oxygen atoms in total. The summed E-state index contributed by atoms with van der Waals surface area (Å²) < 4.78 is 29.5. The first-order chi connectivity index (χ1) is 12.2. The maximum absolute atomic E-state index is 13.7. The number of hydrogen-bond acceptors (Lipinski definition) is 3. The molecule has 4 rings (SSSR count). The zero-order valence-electron chi connectivity index (χ0n) is 13.0. The summed E-state index contributed by atoms with van der Waals surface area (Å²) in [5.41, 5.74) is 3.00. The van der Waals surface area contributed by atoms with Gasteiger partial charge >= 0.3 is 0 Å². The third-order valence-electron chi connectivity index (χ3n) is 3.71. The summed E-state index contributed by atoms with van der Waals surface area (Å²) in [5.74, 6) is -0.419. The largest absolute Gasteiger partial charge is 0.338 e. The predicted molar refractivity (Wildman–Crippen MR) is 97.4 cm³/mol. The van der Waals surface area contributed by atoms with Crippen LogP contribution in [0.3, 0.4) is 0 Å². The van der Waals surface area contributed by atoms with Crippen LogP contribution in [0.25, 0.3) is 22.4 Å². The van der Waals surface area contributed by atoms with E-state index in [0.29, 0.717) is 0 Å². The number of anilines is 1. The lowest BCUT2D eigenvalue weighted by molar-refractivity contribution is 0.586. The van der Waals surface area contributed by atoms with Crippen molar-refractivity contribution in [3.8, 4) is 11.4 Å². The molecular weight excluding hydrogens is 340 g/mol. The van der Waals surface area contributed by atoms with Gasteiger partial charge in [-0.05, 0) is 42.3 Å². The Hall–Kier alpha value is -2.86. The van der Waals surface area contributed by atoms with Crippen molar-refractivity contribution in [3.63, 3.8) is 0 Å². The molecule has 1 aromatic heterocycles. The number of imidazole rings is 1. The number of H-pyrrole nitrogens is 1. The fourth-order valence-electron chi connectivity index (χ4n) is 2.47. The highest BCUT2D eigenvalue weighted by Crippen LogP contribution is 2.27. The molecule has 0 saturated heterocycles. The second-order valence-electron chi connectivity index (χ2n) is 5.46. The summed E-state index contributed by atoms with van der Waals surface area (Å²) in [7, 11) is 0. The topological polar surface area (TPSA) is 40.7 Å². The molecule has 0 radical (unpaired) electrons.